The van der Waals surface area contributed by atoms with Crippen molar-refractivity contribution < 1.29 is 4.52 Å². The SMILES string of the molecule is CCc1nc(CN(CC2CCCN2)C(C)C)no1. The lowest BCUT2D eigenvalue weighted by atomic mass is 10.2. The Morgan fingerprint density at radius 3 is 2.89 bits per heavy atom. The third kappa shape index (κ3) is 3.53. The van der Waals surface area contributed by atoms with Crippen molar-refractivity contribution in [2.45, 2.75) is 58.7 Å². The standard InChI is InChI=1S/C13H24N4O/c1-4-13-15-12(16-18-13)9-17(10(2)3)8-11-6-5-7-14-11/h10-11,14H,4-9H2,1-3H3. The zero-order valence-corrected chi connectivity index (χ0v) is 11.6. The van der Waals surface area contributed by atoms with Gasteiger partial charge in [0.1, 0.15) is 0 Å². The Balaban J connectivity index is 1.92. The van der Waals surface area contributed by atoms with Gasteiger partial charge in [0.25, 0.3) is 0 Å². The highest BCUT2D eigenvalue weighted by Crippen LogP contribution is 2.12. The lowest BCUT2D eigenvalue weighted by Gasteiger charge is -2.27. The summed E-state index contributed by atoms with van der Waals surface area (Å²) in [4.78, 5) is 6.80. The number of rotatable bonds is 6. The maximum Gasteiger partial charge on any atom is 0.226 e. The fourth-order valence-electron chi connectivity index (χ4n) is 2.33. The molecule has 0 aromatic carbocycles. The molecule has 1 unspecified atom stereocenters. The molecule has 0 spiro atoms. The van der Waals surface area contributed by atoms with E-state index in [0.717, 1.165) is 37.8 Å². The van der Waals surface area contributed by atoms with E-state index in [-0.39, 0.29) is 0 Å². The second-order valence-corrected chi connectivity index (χ2v) is 5.27. The van der Waals surface area contributed by atoms with E-state index in [4.69, 9.17) is 4.52 Å². The lowest BCUT2D eigenvalue weighted by molar-refractivity contribution is 0.187. The van der Waals surface area contributed by atoms with Crippen molar-refractivity contribution in [2.24, 2.45) is 0 Å². The molecule has 5 heteroatoms. The molecule has 0 bridgehead atoms. The highest BCUT2D eigenvalue weighted by molar-refractivity contribution is 4.88. The number of aromatic nitrogens is 2. The van der Waals surface area contributed by atoms with Gasteiger partial charge in [0.05, 0.1) is 6.54 Å². The monoisotopic (exact) mass is 252 g/mol. The zero-order valence-electron chi connectivity index (χ0n) is 11.6. The molecule has 0 radical (unpaired) electrons. The topological polar surface area (TPSA) is 54.2 Å². The van der Waals surface area contributed by atoms with Crippen LogP contribution in [0.3, 0.4) is 0 Å². The quantitative estimate of drug-likeness (QED) is 0.833. The first kappa shape index (κ1) is 13.5. The molecule has 1 N–H and O–H groups in total. The smallest absolute Gasteiger partial charge is 0.226 e. The van der Waals surface area contributed by atoms with Gasteiger partial charge in [-0.05, 0) is 33.2 Å². The summed E-state index contributed by atoms with van der Waals surface area (Å²) in [5.74, 6) is 1.53. The molecule has 1 aromatic rings. The number of hydrogen-bond donors (Lipinski definition) is 1. The Bertz CT molecular complexity index is 358. The molecule has 2 heterocycles. The Hall–Kier alpha value is -0.940. The average molecular weight is 252 g/mol. The van der Waals surface area contributed by atoms with Crippen LogP contribution in [-0.4, -0.2) is 40.2 Å². The predicted molar refractivity (Wildman–Crippen MR) is 70.2 cm³/mol. The highest BCUT2D eigenvalue weighted by atomic mass is 16.5. The van der Waals surface area contributed by atoms with Gasteiger partial charge in [0.15, 0.2) is 5.82 Å². The van der Waals surface area contributed by atoms with E-state index < -0.39 is 0 Å². The Morgan fingerprint density at radius 2 is 2.33 bits per heavy atom. The Kier molecular flexibility index (Phi) is 4.72. The van der Waals surface area contributed by atoms with Gasteiger partial charge in [0, 0.05) is 25.0 Å². The molecule has 1 aliphatic rings. The van der Waals surface area contributed by atoms with Crippen molar-refractivity contribution in [2.75, 3.05) is 13.1 Å². The largest absolute Gasteiger partial charge is 0.339 e. The van der Waals surface area contributed by atoms with E-state index in [1.807, 2.05) is 6.92 Å². The normalized spacial score (nSPS) is 20.2. The summed E-state index contributed by atoms with van der Waals surface area (Å²) < 4.78 is 5.16. The first-order valence-electron chi connectivity index (χ1n) is 6.98. The minimum absolute atomic E-state index is 0.496. The molecular weight excluding hydrogens is 228 g/mol. The number of aryl methyl sites for hydroxylation is 1. The van der Waals surface area contributed by atoms with Crippen LogP contribution < -0.4 is 5.32 Å². The van der Waals surface area contributed by atoms with Crippen LogP contribution in [0, 0.1) is 0 Å². The van der Waals surface area contributed by atoms with E-state index in [9.17, 15) is 0 Å². The molecule has 0 aliphatic carbocycles. The third-order valence-corrected chi connectivity index (χ3v) is 3.50. The maximum atomic E-state index is 5.16. The predicted octanol–water partition coefficient (Wildman–Crippen LogP) is 1.59. The molecule has 1 aromatic heterocycles. The first-order valence-corrected chi connectivity index (χ1v) is 6.98. The molecule has 1 atom stereocenters. The van der Waals surface area contributed by atoms with Gasteiger partial charge in [0.2, 0.25) is 5.89 Å². The van der Waals surface area contributed by atoms with Crippen LogP contribution in [0.2, 0.25) is 0 Å². The molecule has 1 saturated heterocycles. The summed E-state index contributed by atoms with van der Waals surface area (Å²) in [6.45, 7) is 9.46. The Labute approximate surface area is 109 Å². The summed E-state index contributed by atoms with van der Waals surface area (Å²) in [6.07, 6.45) is 3.37. The average Bonchev–Trinajstić information content (AvgIpc) is 2.99. The van der Waals surface area contributed by atoms with Crippen LogP contribution >= 0.6 is 0 Å². The van der Waals surface area contributed by atoms with Crippen molar-refractivity contribution in [3.8, 4) is 0 Å². The zero-order chi connectivity index (χ0) is 13.0. The summed E-state index contributed by atoms with van der Waals surface area (Å²) in [6, 6.07) is 1.11. The minimum Gasteiger partial charge on any atom is -0.339 e. The fourth-order valence-corrected chi connectivity index (χ4v) is 2.33. The third-order valence-electron chi connectivity index (χ3n) is 3.50. The Morgan fingerprint density at radius 1 is 1.50 bits per heavy atom. The molecular formula is C13H24N4O. The van der Waals surface area contributed by atoms with Gasteiger partial charge >= 0.3 is 0 Å². The van der Waals surface area contributed by atoms with Crippen molar-refractivity contribution in [1.29, 1.82) is 0 Å². The molecule has 5 nitrogen and oxygen atoms in total. The van der Waals surface area contributed by atoms with Crippen LogP contribution in [0.4, 0.5) is 0 Å². The highest BCUT2D eigenvalue weighted by Gasteiger charge is 2.21. The fraction of sp³-hybridized carbons (Fsp3) is 0.846. The summed E-state index contributed by atoms with van der Waals surface area (Å²) in [5.41, 5.74) is 0. The molecule has 1 aliphatic heterocycles. The van der Waals surface area contributed by atoms with Crippen LogP contribution in [0.1, 0.15) is 45.3 Å². The van der Waals surface area contributed by atoms with Gasteiger partial charge in [-0.15, -0.1) is 0 Å². The van der Waals surface area contributed by atoms with Gasteiger partial charge in [-0.2, -0.15) is 4.98 Å². The van der Waals surface area contributed by atoms with Crippen LogP contribution in [0.5, 0.6) is 0 Å². The summed E-state index contributed by atoms with van der Waals surface area (Å²) in [7, 11) is 0. The molecule has 0 saturated carbocycles. The maximum absolute atomic E-state index is 5.16. The molecule has 0 amide bonds. The first-order chi connectivity index (χ1) is 8.69. The van der Waals surface area contributed by atoms with E-state index in [1.165, 1.54) is 12.8 Å². The molecule has 2 rings (SSSR count). The van der Waals surface area contributed by atoms with Gasteiger partial charge in [-0.1, -0.05) is 12.1 Å². The lowest BCUT2D eigenvalue weighted by Crippen LogP contribution is -2.41. The summed E-state index contributed by atoms with van der Waals surface area (Å²) in [5, 5.41) is 7.57. The van der Waals surface area contributed by atoms with E-state index in [2.05, 4.69) is 34.2 Å². The van der Waals surface area contributed by atoms with Gasteiger partial charge < -0.3 is 9.84 Å². The molecule has 1 fully saturated rings. The van der Waals surface area contributed by atoms with Crippen molar-refractivity contribution in [1.82, 2.24) is 20.4 Å². The van der Waals surface area contributed by atoms with Crippen molar-refractivity contribution >= 4 is 0 Å². The van der Waals surface area contributed by atoms with E-state index in [1.54, 1.807) is 0 Å². The van der Waals surface area contributed by atoms with Crippen LogP contribution in [0.15, 0.2) is 4.52 Å². The second kappa shape index (κ2) is 6.29. The molecule has 18 heavy (non-hydrogen) atoms. The van der Waals surface area contributed by atoms with Crippen LogP contribution in [-0.2, 0) is 13.0 Å². The van der Waals surface area contributed by atoms with Gasteiger partial charge in [-0.3, -0.25) is 4.90 Å². The van der Waals surface area contributed by atoms with Crippen molar-refractivity contribution in [3.05, 3.63) is 11.7 Å². The second-order valence-electron chi connectivity index (χ2n) is 5.27. The number of hydrogen-bond acceptors (Lipinski definition) is 5. The van der Waals surface area contributed by atoms with Crippen LogP contribution in [0.25, 0.3) is 0 Å². The van der Waals surface area contributed by atoms with Gasteiger partial charge in [-0.25, -0.2) is 0 Å². The van der Waals surface area contributed by atoms with E-state index >= 15 is 0 Å². The number of nitrogens with one attached hydrogen (secondary N) is 1. The molecule has 102 valence electrons. The van der Waals surface area contributed by atoms with Crippen molar-refractivity contribution in [3.63, 3.8) is 0 Å². The minimum atomic E-state index is 0.496. The van der Waals surface area contributed by atoms with E-state index in [0.29, 0.717) is 12.1 Å². The number of nitrogens with zero attached hydrogens (tertiary/aromatic N) is 3. The summed E-state index contributed by atoms with van der Waals surface area (Å²) >= 11 is 0.